The molecule has 108 valence electrons. The van der Waals surface area contributed by atoms with Crippen molar-refractivity contribution in [1.29, 1.82) is 0 Å². The lowest BCUT2D eigenvalue weighted by molar-refractivity contribution is -0.138. The van der Waals surface area contributed by atoms with Gasteiger partial charge in [-0.25, -0.2) is 0 Å². The molecule has 0 saturated heterocycles. The molecule has 1 saturated carbocycles. The van der Waals surface area contributed by atoms with E-state index >= 15 is 0 Å². The first-order chi connectivity index (χ1) is 8.37. The van der Waals surface area contributed by atoms with Gasteiger partial charge in [0.2, 0.25) is 0 Å². The van der Waals surface area contributed by atoms with Gasteiger partial charge in [-0.3, -0.25) is 0 Å². The highest BCUT2D eigenvalue weighted by molar-refractivity contribution is 7.80. The first-order valence-electron chi connectivity index (χ1n) is 6.73. The summed E-state index contributed by atoms with van der Waals surface area (Å²) in [4.78, 5) is 1.83. The lowest BCUT2D eigenvalue weighted by atomic mass is 9.81. The summed E-state index contributed by atoms with van der Waals surface area (Å²) >= 11 is 4.45. The van der Waals surface area contributed by atoms with Crippen LogP contribution in [0.2, 0.25) is 0 Å². The molecule has 5 heteroatoms. The van der Waals surface area contributed by atoms with E-state index in [1.165, 1.54) is 25.7 Å². The van der Waals surface area contributed by atoms with Crippen LogP contribution < -0.4 is 0 Å². The van der Waals surface area contributed by atoms with Crippen molar-refractivity contribution in [1.82, 2.24) is 4.90 Å². The van der Waals surface area contributed by atoms with E-state index in [1.54, 1.807) is 7.05 Å². The molecule has 1 aliphatic rings. The molecular weight excluding hydrogens is 259 g/mol. The van der Waals surface area contributed by atoms with E-state index in [0.29, 0.717) is 0 Å². The average molecular weight is 283 g/mol. The Morgan fingerprint density at radius 2 is 1.67 bits per heavy atom. The van der Waals surface area contributed by atoms with Crippen LogP contribution in [0, 0.1) is 5.41 Å². The zero-order valence-electron chi connectivity index (χ0n) is 11.1. The van der Waals surface area contributed by atoms with Crippen molar-refractivity contribution >= 4 is 12.6 Å². The lowest BCUT2D eigenvalue weighted by Crippen LogP contribution is -2.38. The minimum Gasteiger partial charge on any atom is -0.305 e. The minimum atomic E-state index is -4.05. The van der Waals surface area contributed by atoms with Gasteiger partial charge in [0.15, 0.2) is 0 Å². The third-order valence-electron chi connectivity index (χ3n) is 3.88. The number of hydrogen-bond donors (Lipinski definition) is 1. The largest absolute Gasteiger partial charge is 0.390 e. The Labute approximate surface area is 114 Å². The third-order valence-corrected chi connectivity index (χ3v) is 4.55. The van der Waals surface area contributed by atoms with Crippen LogP contribution in [-0.2, 0) is 0 Å². The van der Waals surface area contributed by atoms with E-state index in [-0.39, 0.29) is 12.0 Å². The fraction of sp³-hybridized carbons (Fsp3) is 1.00. The highest BCUT2D eigenvalue weighted by Crippen LogP contribution is 2.36. The summed E-state index contributed by atoms with van der Waals surface area (Å²) in [5.41, 5.74) is 0.125. The molecule has 0 unspecified atom stereocenters. The quantitative estimate of drug-likeness (QED) is 0.586. The van der Waals surface area contributed by atoms with Gasteiger partial charge in [0.1, 0.15) is 0 Å². The zero-order valence-corrected chi connectivity index (χ0v) is 12.0. The summed E-state index contributed by atoms with van der Waals surface area (Å²) in [5, 5.41) is 0. The Balaban J connectivity index is 2.45. The molecule has 0 aromatic carbocycles. The maximum atomic E-state index is 12.2. The summed E-state index contributed by atoms with van der Waals surface area (Å²) in [6.07, 6.45) is 2.32. The van der Waals surface area contributed by atoms with E-state index in [4.69, 9.17) is 0 Å². The smallest absolute Gasteiger partial charge is 0.305 e. The van der Waals surface area contributed by atoms with Crippen molar-refractivity contribution < 1.29 is 13.2 Å². The Morgan fingerprint density at radius 1 is 1.11 bits per heavy atom. The molecule has 1 nitrogen and oxygen atoms in total. The van der Waals surface area contributed by atoms with Gasteiger partial charge < -0.3 is 4.90 Å². The Hall–Kier alpha value is 0.100. The van der Waals surface area contributed by atoms with Gasteiger partial charge in [0, 0.05) is 13.1 Å². The van der Waals surface area contributed by atoms with Crippen LogP contribution in [-0.4, -0.2) is 37.0 Å². The van der Waals surface area contributed by atoms with Gasteiger partial charge in [-0.05, 0) is 31.1 Å². The topological polar surface area (TPSA) is 3.24 Å². The summed E-state index contributed by atoms with van der Waals surface area (Å²) in [7, 11) is 1.79. The molecule has 0 aromatic rings. The van der Waals surface area contributed by atoms with Crippen molar-refractivity contribution in [3.63, 3.8) is 0 Å². The fourth-order valence-electron chi connectivity index (χ4n) is 2.81. The SMILES string of the molecule is CN(CCC(F)(F)F)CC1(CS)CCCCCC1. The Morgan fingerprint density at radius 3 is 2.11 bits per heavy atom. The van der Waals surface area contributed by atoms with Crippen molar-refractivity contribution in [2.75, 3.05) is 25.9 Å². The van der Waals surface area contributed by atoms with E-state index in [2.05, 4.69) is 12.6 Å². The number of thiol groups is 1. The molecule has 1 aliphatic carbocycles. The molecule has 0 bridgehead atoms. The number of alkyl halides is 3. The molecule has 0 spiro atoms. The molecule has 0 aromatic heterocycles. The zero-order chi connectivity index (χ0) is 13.6. The number of hydrogen-bond acceptors (Lipinski definition) is 2. The first-order valence-corrected chi connectivity index (χ1v) is 7.36. The van der Waals surface area contributed by atoms with E-state index in [0.717, 1.165) is 25.1 Å². The average Bonchev–Trinajstić information content (AvgIpc) is 2.52. The fourth-order valence-corrected chi connectivity index (χ4v) is 3.23. The van der Waals surface area contributed by atoms with Crippen LogP contribution in [0.5, 0.6) is 0 Å². The predicted octanol–water partition coefficient (Wildman–Crippen LogP) is 4.14. The number of halogens is 3. The van der Waals surface area contributed by atoms with Crippen LogP contribution in [0.3, 0.4) is 0 Å². The minimum absolute atomic E-state index is 0.0963. The van der Waals surface area contributed by atoms with Crippen molar-refractivity contribution in [2.24, 2.45) is 5.41 Å². The van der Waals surface area contributed by atoms with Gasteiger partial charge in [0.25, 0.3) is 0 Å². The summed E-state index contributed by atoms with van der Waals surface area (Å²) in [6.45, 7) is 0.839. The number of nitrogens with zero attached hydrogens (tertiary/aromatic N) is 1. The maximum Gasteiger partial charge on any atom is 0.390 e. The molecule has 0 amide bonds. The van der Waals surface area contributed by atoms with E-state index in [1.807, 2.05) is 4.90 Å². The van der Waals surface area contributed by atoms with E-state index < -0.39 is 12.6 Å². The molecule has 0 radical (unpaired) electrons. The van der Waals surface area contributed by atoms with Gasteiger partial charge in [-0.2, -0.15) is 25.8 Å². The molecule has 1 fully saturated rings. The Bertz CT molecular complexity index is 235. The maximum absolute atomic E-state index is 12.2. The Kier molecular flexibility index (Phi) is 6.31. The summed E-state index contributed by atoms with van der Waals surface area (Å²) in [5.74, 6) is 0.781. The molecule has 0 heterocycles. The normalized spacial score (nSPS) is 21.0. The lowest BCUT2D eigenvalue weighted by Gasteiger charge is -2.35. The number of rotatable bonds is 5. The standard InChI is InChI=1S/C13H24F3NS/c1-17(9-8-13(14,15)16)10-12(11-18)6-4-2-3-5-7-12/h18H,2-11H2,1H3. The summed E-state index contributed by atoms with van der Waals surface area (Å²) < 4.78 is 36.6. The second-order valence-corrected chi connectivity index (χ2v) is 5.99. The highest BCUT2D eigenvalue weighted by Gasteiger charge is 2.32. The van der Waals surface area contributed by atoms with Crippen LogP contribution in [0.4, 0.5) is 13.2 Å². The van der Waals surface area contributed by atoms with Crippen LogP contribution in [0.1, 0.15) is 44.9 Å². The molecule has 0 atom stereocenters. The highest BCUT2D eigenvalue weighted by atomic mass is 32.1. The van der Waals surface area contributed by atoms with Crippen molar-refractivity contribution in [3.05, 3.63) is 0 Å². The van der Waals surface area contributed by atoms with Crippen LogP contribution >= 0.6 is 12.6 Å². The molecule has 0 N–H and O–H groups in total. The molecule has 1 rings (SSSR count). The van der Waals surface area contributed by atoms with Crippen LogP contribution in [0.15, 0.2) is 0 Å². The molecular formula is C13H24F3NS. The second-order valence-electron chi connectivity index (χ2n) is 5.68. The molecule has 18 heavy (non-hydrogen) atoms. The van der Waals surface area contributed by atoms with Crippen LogP contribution in [0.25, 0.3) is 0 Å². The summed E-state index contributed by atoms with van der Waals surface area (Å²) in [6, 6.07) is 0. The second kappa shape index (κ2) is 7.04. The van der Waals surface area contributed by atoms with Gasteiger partial charge in [-0.1, -0.05) is 25.7 Å². The van der Waals surface area contributed by atoms with Crippen molar-refractivity contribution in [2.45, 2.75) is 51.1 Å². The van der Waals surface area contributed by atoms with Gasteiger partial charge >= 0.3 is 6.18 Å². The monoisotopic (exact) mass is 283 g/mol. The van der Waals surface area contributed by atoms with E-state index in [9.17, 15) is 13.2 Å². The first kappa shape index (κ1) is 16.2. The predicted molar refractivity (Wildman–Crippen MR) is 72.2 cm³/mol. The van der Waals surface area contributed by atoms with Crippen molar-refractivity contribution in [3.8, 4) is 0 Å². The van der Waals surface area contributed by atoms with Gasteiger partial charge in [-0.15, -0.1) is 0 Å². The van der Waals surface area contributed by atoms with Gasteiger partial charge in [0.05, 0.1) is 6.42 Å². The molecule has 0 aliphatic heterocycles. The third kappa shape index (κ3) is 5.83.